The maximum absolute atomic E-state index is 12.9. The number of halogens is 1. The lowest BCUT2D eigenvalue weighted by atomic mass is 10.0. The molecular weight excluding hydrogens is 472 g/mol. The molecule has 0 saturated carbocycles. The van der Waals surface area contributed by atoms with Crippen molar-refractivity contribution in [1.29, 1.82) is 0 Å². The second kappa shape index (κ2) is 10.1. The number of nitrogens with one attached hydrogen (secondary N) is 1. The Morgan fingerprint density at radius 2 is 1.56 bits per heavy atom. The summed E-state index contributed by atoms with van der Waals surface area (Å²) in [6.45, 7) is 3.66. The molecule has 1 fully saturated rings. The van der Waals surface area contributed by atoms with E-state index < -0.39 is 10.0 Å². The maximum Gasteiger partial charge on any atom is 0.243 e. The fraction of sp³-hybridized carbons (Fsp3) is 0.200. The Balaban J connectivity index is 0.00000274. The first-order valence-electron chi connectivity index (χ1n) is 10.8. The molecule has 7 nitrogen and oxygen atoms in total. The highest BCUT2D eigenvalue weighted by Gasteiger charge is 2.26. The zero-order valence-electron chi connectivity index (χ0n) is 18.6. The summed E-state index contributed by atoms with van der Waals surface area (Å²) < 4.78 is 32.5. The van der Waals surface area contributed by atoms with E-state index in [1.54, 1.807) is 18.5 Å². The van der Waals surface area contributed by atoms with Crippen LogP contribution in [0.15, 0.2) is 78.0 Å². The zero-order chi connectivity index (χ0) is 22.8. The minimum absolute atomic E-state index is 0. The van der Waals surface area contributed by atoms with Crippen molar-refractivity contribution in [3.63, 3.8) is 0 Å². The molecule has 1 aliphatic heterocycles. The van der Waals surface area contributed by atoms with Crippen molar-refractivity contribution in [1.82, 2.24) is 14.3 Å². The average molecular weight is 497 g/mol. The van der Waals surface area contributed by atoms with E-state index >= 15 is 0 Å². The molecule has 0 amide bonds. The molecule has 0 spiro atoms. The number of nitrogens with zero attached hydrogens (tertiary/aromatic N) is 3. The highest BCUT2D eigenvalue weighted by atomic mass is 35.5. The summed E-state index contributed by atoms with van der Waals surface area (Å²) in [5.41, 5.74) is 4.84. The van der Waals surface area contributed by atoms with Gasteiger partial charge in [0.25, 0.3) is 0 Å². The summed E-state index contributed by atoms with van der Waals surface area (Å²) >= 11 is 0. The van der Waals surface area contributed by atoms with Crippen LogP contribution in [0, 0.1) is 6.92 Å². The summed E-state index contributed by atoms with van der Waals surface area (Å²) in [4.78, 5) is 9.12. The van der Waals surface area contributed by atoms with E-state index in [-0.39, 0.29) is 12.4 Å². The predicted molar refractivity (Wildman–Crippen MR) is 136 cm³/mol. The van der Waals surface area contributed by atoms with Crippen LogP contribution in [0.4, 0.5) is 11.5 Å². The Bertz CT molecular complexity index is 1390. The predicted octanol–water partition coefficient (Wildman–Crippen LogP) is 4.79. The van der Waals surface area contributed by atoms with Crippen molar-refractivity contribution in [3.05, 3.63) is 78.6 Å². The largest absolute Gasteiger partial charge is 0.379 e. The molecule has 4 aromatic rings. The van der Waals surface area contributed by atoms with Crippen molar-refractivity contribution in [2.75, 3.05) is 31.6 Å². The Kier molecular flexibility index (Phi) is 7.13. The summed E-state index contributed by atoms with van der Waals surface area (Å²) in [5, 5.41) is 4.26. The summed E-state index contributed by atoms with van der Waals surface area (Å²) in [7, 11) is -3.52. The van der Waals surface area contributed by atoms with Gasteiger partial charge in [0.2, 0.25) is 10.0 Å². The lowest BCUT2D eigenvalue weighted by Crippen LogP contribution is -2.40. The summed E-state index contributed by atoms with van der Waals surface area (Å²) in [5.74, 6) is 0.720. The van der Waals surface area contributed by atoms with Gasteiger partial charge >= 0.3 is 0 Å². The van der Waals surface area contributed by atoms with E-state index in [1.165, 1.54) is 9.87 Å². The lowest BCUT2D eigenvalue weighted by molar-refractivity contribution is 0.0730. The van der Waals surface area contributed by atoms with Crippen LogP contribution >= 0.6 is 12.4 Å². The normalized spacial score (nSPS) is 14.5. The summed E-state index contributed by atoms with van der Waals surface area (Å²) in [6, 6.07) is 21.1. The van der Waals surface area contributed by atoms with Gasteiger partial charge < -0.3 is 10.1 Å². The van der Waals surface area contributed by atoms with Crippen LogP contribution in [0.25, 0.3) is 22.0 Å². The molecule has 0 bridgehead atoms. The number of sulfonamides is 1. The molecule has 5 rings (SSSR count). The second-order valence-corrected chi connectivity index (χ2v) is 9.92. The van der Waals surface area contributed by atoms with Gasteiger partial charge in [-0.05, 0) is 54.4 Å². The molecule has 0 radical (unpaired) electrons. The van der Waals surface area contributed by atoms with Crippen molar-refractivity contribution < 1.29 is 13.2 Å². The second-order valence-electron chi connectivity index (χ2n) is 7.99. The van der Waals surface area contributed by atoms with E-state index in [4.69, 9.17) is 4.74 Å². The van der Waals surface area contributed by atoms with E-state index in [1.807, 2.05) is 61.5 Å². The van der Waals surface area contributed by atoms with Gasteiger partial charge in [0.05, 0.1) is 23.6 Å². The van der Waals surface area contributed by atoms with Crippen molar-refractivity contribution in [3.8, 4) is 11.1 Å². The first-order chi connectivity index (χ1) is 16.0. The zero-order valence-corrected chi connectivity index (χ0v) is 20.3. The third-order valence-electron chi connectivity index (χ3n) is 5.75. The topological polar surface area (TPSA) is 84.4 Å². The molecule has 3 aromatic carbocycles. The molecule has 1 N–H and O–H groups in total. The Hall–Kier alpha value is -3.04. The Labute approximate surface area is 205 Å². The number of hydrogen-bond acceptors (Lipinski definition) is 6. The number of benzene rings is 3. The van der Waals surface area contributed by atoms with Crippen LogP contribution < -0.4 is 5.32 Å². The molecule has 34 heavy (non-hydrogen) atoms. The molecule has 1 saturated heterocycles. The van der Waals surface area contributed by atoms with Crippen LogP contribution in [-0.2, 0) is 14.8 Å². The molecule has 2 heterocycles. The van der Waals surface area contributed by atoms with E-state index in [0.717, 1.165) is 33.5 Å². The molecule has 0 unspecified atom stereocenters. The highest BCUT2D eigenvalue weighted by molar-refractivity contribution is 7.89. The smallest absolute Gasteiger partial charge is 0.243 e. The Morgan fingerprint density at radius 3 is 2.26 bits per heavy atom. The van der Waals surface area contributed by atoms with Crippen LogP contribution in [0.2, 0.25) is 0 Å². The highest BCUT2D eigenvalue weighted by Crippen LogP contribution is 2.29. The molecule has 1 aliphatic rings. The minimum atomic E-state index is -3.52. The molecule has 0 aliphatic carbocycles. The number of rotatable bonds is 5. The monoisotopic (exact) mass is 496 g/mol. The quantitative estimate of drug-likeness (QED) is 0.427. The number of aryl methyl sites for hydroxylation is 1. The van der Waals surface area contributed by atoms with E-state index in [0.29, 0.717) is 31.2 Å². The Morgan fingerprint density at radius 1 is 0.882 bits per heavy atom. The standard InChI is InChI=1S/C25H24N4O3S.ClH/c1-18-2-7-21(8-3-18)28-25-23-16-20(6-11-24(23)26-17-27-25)19-4-9-22(10-5-19)33(30,31)29-12-14-32-15-13-29;/h2-11,16-17H,12-15H2,1H3,(H,26,27,28);1H. The average Bonchev–Trinajstić information content (AvgIpc) is 2.86. The van der Waals surface area contributed by atoms with Gasteiger partial charge in [0, 0.05) is 24.2 Å². The third kappa shape index (κ3) is 4.90. The minimum Gasteiger partial charge on any atom is -0.379 e. The molecule has 9 heteroatoms. The van der Waals surface area contributed by atoms with Crippen LogP contribution in [-0.4, -0.2) is 49.0 Å². The number of ether oxygens (including phenoxy) is 1. The van der Waals surface area contributed by atoms with Crippen molar-refractivity contribution >= 4 is 44.8 Å². The van der Waals surface area contributed by atoms with Crippen molar-refractivity contribution in [2.45, 2.75) is 11.8 Å². The number of anilines is 2. The molecule has 0 atom stereocenters. The van der Waals surface area contributed by atoms with Gasteiger partial charge in [0.15, 0.2) is 0 Å². The molecular formula is C25H25ClN4O3S. The first-order valence-corrected chi connectivity index (χ1v) is 12.2. The van der Waals surface area contributed by atoms with Gasteiger partial charge in [0.1, 0.15) is 12.1 Å². The number of aromatic nitrogens is 2. The third-order valence-corrected chi connectivity index (χ3v) is 7.66. The van der Waals surface area contributed by atoms with Gasteiger partial charge in [-0.1, -0.05) is 35.9 Å². The van der Waals surface area contributed by atoms with Crippen LogP contribution in [0.1, 0.15) is 5.56 Å². The summed E-state index contributed by atoms with van der Waals surface area (Å²) in [6.07, 6.45) is 1.55. The van der Waals surface area contributed by atoms with Crippen molar-refractivity contribution in [2.24, 2.45) is 0 Å². The molecule has 1 aromatic heterocycles. The van der Waals surface area contributed by atoms with Crippen LogP contribution in [0.3, 0.4) is 0 Å². The fourth-order valence-corrected chi connectivity index (χ4v) is 5.27. The number of hydrogen-bond donors (Lipinski definition) is 1. The van der Waals surface area contributed by atoms with Crippen LogP contribution in [0.5, 0.6) is 0 Å². The van der Waals surface area contributed by atoms with Gasteiger partial charge in [-0.3, -0.25) is 0 Å². The lowest BCUT2D eigenvalue weighted by Gasteiger charge is -2.26. The maximum atomic E-state index is 12.9. The number of morpholine rings is 1. The molecule has 176 valence electrons. The van der Waals surface area contributed by atoms with E-state index in [2.05, 4.69) is 15.3 Å². The van der Waals surface area contributed by atoms with Gasteiger partial charge in [-0.25, -0.2) is 18.4 Å². The van der Waals surface area contributed by atoms with Gasteiger partial charge in [-0.15, -0.1) is 12.4 Å². The SMILES string of the molecule is Cc1ccc(Nc2ncnc3ccc(-c4ccc(S(=O)(=O)N5CCOCC5)cc4)cc23)cc1.Cl. The van der Waals surface area contributed by atoms with E-state index in [9.17, 15) is 8.42 Å². The fourth-order valence-electron chi connectivity index (χ4n) is 3.86. The number of fused-ring (bicyclic) bond motifs is 1. The first kappa shape index (κ1) is 24.1. The van der Waals surface area contributed by atoms with Gasteiger partial charge in [-0.2, -0.15) is 4.31 Å².